The number of nitrogens with zero attached hydrogens (tertiary/aromatic N) is 2. The van der Waals surface area contributed by atoms with Crippen LogP contribution in [0.5, 0.6) is 23.0 Å². The number of benzene rings is 3. The summed E-state index contributed by atoms with van der Waals surface area (Å²) in [5.41, 5.74) is 7.19. The van der Waals surface area contributed by atoms with Crippen LogP contribution in [0.4, 0.5) is 5.69 Å². The number of anilines is 1. The standard InChI is InChI=1S/C33H31N3O8/c1-40-23-8-6-7-19(15-23)18-35-27(37)14-13-24-28(20-16-25(41-2)31(43-4)26(17-20)42-3)30(33(39)44-5)36(32(38)29(24)35)22-11-9-21(34)10-12-22/h6-17H,18,34H2,1-5H3. The molecule has 44 heavy (non-hydrogen) atoms. The molecule has 0 aliphatic rings. The molecule has 0 atom stereocenters. The van der Waals surface area contributed by atoms with Crippen molar-refractivity contribution < 1.29 is 28.5 Å². The number of hydrogen-bond donors (Lipinski definition) is 1. The lowest BCUT2D eigenvalue weighted by Gasteiger charge is -2.22. The largest absolute Gasteiger partial charge is 0.497 e. The van der Waals surface area contributed by atoms with Crippen molar-refractivity contribution in [3.8, 4) is 39.8 Å². The van der Waals surface area contributed by atoms with E-state index in [0.29, 0.717) is 50.9 Å². The Labute approximate surface area is 252 Å². The number of pyridine rings is 2. The lowest BCUT2D eigenvalue weighted by atomic mass is 9.96. The van der Waals surface area contributed by atoms with Gasteiger partial charge in [0.1, 0.15) is 17.0 Å². The van der Waals surface area contributed by atoms with Crippen LogP contribution < -0.4 is 35.8 Å². The molecule has 2 heterocycles. The van der Waals surface area contributed by atoms with Gasteiger partial charge in [0.2, 0.25) is 5.75 Å². The van der Waals surface area contributed by atoms with Crippen molar-refractivity contribution in [1.82, 2.24) is 9.13 Å². The second kappa shape index (κ2) is 12.3. The van der Waals surface area contributed by atoms with Gasteiger partial charge in [0.25, 0.3) is 11.1 Å². The first kappa shape index (κ1) is 29.8. The van der Waals surface area contributed by atoms with Gasteiger partial charge in [-0.05, 0) is 65.7 Å². The zero-order valence-corrected chi connectivity index (χ0v) is 24.9. The summed E-state index contributed by atoms with van der Waals surface area (Å²) < 4.78 is 29.9. The normalized spacial score (nSPS) is 10.8. The number of esters is 1. The third-order valence-electron chi connectivity index (χ3n) is 7.28. The van der Waals surface area contributed by atoms with Gasteiger partial charge < -0.3 is 29.4 Å². The number of nitrogens with two attached hydrogens (primary N) is 1. The highest BCUT2D eigenvalue weighted by Crippen LogP contribution is 2.43. The first-order chi connectivity index (χ1) is 21.3. The highest BCUT2D eigenvalue weighted by atomic mass is 16.5. The van der Waals surface area contributed by atoms with Crippen LogP contribution in [0.1, 0.15) is 16.1 Å². The van der Waals surface area contributed by atoms with Gasteiger partial charge >= 0.3 is 5.97 Å². The van der Waals surface area contributed by atoms with Gasteiger partial charge in [-0.15, -0.1) is 0 Å². The van der Waals surface area contributed by atoms with E-state index < -0.39 is 17.1 Å². The maximum atomic E-state index is 14.5. The van der Waals surface area contributed by atoms with E-state index in [0.717, 1.165) is 5.56 Å². The molecule has 0 aliphatic heterocycles. The molecule has 2 N–H and O–H groups in total. The van der Waals surface area contributed by atoms with Crippen LogP contribution in [0, 0.1) is 0 Å². The molecule has 0 unspecified atom stereocenters. The number of nitrogen functional groups attached to an aromatic ring is 1. The van der Waals surface area contributed by atoms with E-state index in [4.69, 9.17) is 29.4 Å². The monoisotopic (exact) mass is 597 g/mol. The first-order valence-corrected chi connectivity index (χ1v) is 13.5. The van der Waals surface area contributed by atoms with E-state index >= 15 is 0 Å². The Morgan fingerprint density at radius 1 is 0.795 bits per heavy atom. The van der Waals surface area contributed by atoms with Crippen molar-refractivity contribution in [3.63, 3.8) is 0 Å². The van der Waals surface area contributed by atoms with Crippen LogP contribution in [0.25, 0.3) is 27.7 Å². The summed E-state index contributed by atoms with van der Waals surface area (Å²) in [7, 11) is 7.20. The lowest BCUT2D eigenvalue weighted by Crippen LogP contribution is -2.32. The molecule has 11 nitrogen and oxygen atoms in total. The molecular formula is C33H31N3O8. The molecule has 0 aliphatic carbocycles. The molecule has 0 saturated heterocycles. The fourth-order valence-electron chi connectivity index (χ4n) is 5.25. The minimum Gasteiger partial charge on any atom is -0.497 e. The summed E-state index contributed by atoms with van der Waals surface area (Å²) in [5.74, 6) is 0.794. The van der Waals surface area contributed by atoms with Crippen LogP contribution in [-0.2, 0) is 11.3 Å². The number of ether oxygens (including phenoxy) is 5. The minimum absolute atomic E-state index is 0.0522. The summed E-state index contributed by atoms with van der Waals surface area (Å²) in [6.45, 7) is 0.0522. The number of carbonyl (C=O) groups is 1. The van der Waals surface area contributed by atoms with Crippen LogP contribution in [0.15, 0.2) is 82.4 Å². The molecule has 11 heteroatoms. The van der Waals surface area contributed by atoms with E-state index in [9.17, 15) is 14.4 Å². The SMILES string of the molecule is COC(=O)c1c(-c2cc(OC)c(OC)c(OC)c2)c2ccc(=O)n(Cc3cccc(OC)c3)c2c(=O)n1-c1ccc(N)cc1. The van der Waals surface area contributed by atoms with E-state index in [1.165, 1.54) is 49.7 Å². The molecule has 0 saturated carbocycles. The smallest absolute Gasteiger partial charge is 0.355 e. The maximum Gasteiger partial charge on any atom is 0.355 e. The molecule has 2 aromatic heterocycles. The third-order valence-corrected chi connectivity index (χ3v) is 7.28. The highest BCUT2D eigenvalue weighted by Gasteiger charge is 2.28. The van der Waals surface area contributed by atoms with Gasteiger partial charge in [-0.1, -0.05) is 12.1 Å². The number of hydrogen-bond acceptors (Lipinski definition) is 9. The number of carbonyl (C=O) groups excluding carboxylic acids is 1. The van der Waals surface area contributed by atoms with Crippen molar-refractivity contribution >= 4 is 22.6 Å². The van der Waals surface area contributed by atoms with Crippen LogP contribution in [0.2, 0.25) is 0 Å². The predicted molar refractivity (Wildman–Crippen MR) is 167 cm³/mol. The van der Waals surface area contributed by atoms with E-state index in [1.807, 2.05) is 6.07 Å². The van der Waals surface area contributed by atoms with Gasteiger partial charge in [-0.3, -0.25) is 18.7 Å². The fourth-order valence-corrected chi connectivity index (χ4v) is 5.25. The average molecular weight is 598 g/mol. The fraction of sp³-hybridized carbons (Fsp3) is 0.182. The van der Waals surface area contributed by atoms with E-state index in [2.05, 4.69) is 0 Å². The summed E-state index contributed by atoms with van der Waals surface area (Å²) in [4.78, 5) is 41.6. The molecule has 0 radical (unpaired) electrons. The Hall–Kier alpha value is -5.71. The van der Waals surface area contributed by atoms with Gasteiger partial charge in [0, 0.05) is 28.4 Å². The number of fused-ring (bicyclic) bond motifs is 1. The van der Waals surface area contributed by atoms with Crippen molar-refractivity contribution in [2.24, 2.45) is 0 Å². The quantitative estimate of drug-likeness (QED) is 0.195. The van der Waals surface area contributed by atoms with Crippen molar-refractivity contribution in [3.05, 3.63) is 105 Å². The molecule has 226 valence electrons. The topological polar surface area (TPSA) is 133 Å². The number of rotatable bonds is 9. The van der Waals surface area contributed by atoms with Crippen LogP contribution >= 0.6 is 0 Å². The Morgan fingerprint density at radius 2 is 1.48 bits per heavy atom. The van der Waals surface area contributed by atoms with E-state index in [1.54, 1.807) is 61.7 Å². The van der Waals surface area contributed by atoms with Gasteiger partial charge in [-0.25, -0.2) is 4.79 Å². The molecule has 0 amide bonds. The molecule has 0 fully saturated rings. The Balaban J connectivity index is 1.99. The molecular weight excluding hydrogens is 566 g/mol. The molecule has 5 aromatic rings. The zero-order valence-electron chi connectivity index (χ0n) is 24.9. The predicted octanol–water partition coefficient (Wildman–Crippen LogP) is 4.27. The van der Waals surface area contributed by atoms with Gasteiger partial charge in [0.15, 0.2) is 11.5 Å². The minimum atomic E-state index is -0.782. The summed E-state index contributed by atoms with van der Waals surface area (Å²) in [6.07, 6.45) is 0. The average Bonchev–Trinajstić information content (AvgIpc) is 3.05. The Morgan fingerprint density at radius 3 is 2.07 bits per heavy atom. The molecule has 0 bridgehead atoms. The molecule has 0 spiro atoms. The second-order valence-corrected chi connectivity index (χ2v) is 9.73. The Bertz CT molecular complexity index is 1970. The van der Waals surface area contributed by atoms with E-state index in [-0.39, 0.29) is 17.8 Å². The summed E-state index contributed by atoms with van der Waals surface area (Å²) in [5, 5.41) is 0.332. The number of aromatic nitrogens is 2. The maximum absolute atomic E-state index is 14.5. The van der Waals surface area contributed by atoms with Gasteiger partial charge in [0.05, 0.1) is 42.1 Å². The van der Waals surface area contributed by atoms with Crippen molar-refractivity contribution in [1.29, 1.82) is 0 Å². The summed E-state index contributed by atoms with van der Waals surface area (Å²) >= 11 is 0. The van der Waals surface area contributed by atoms with Crippen LogP contribution in [-0.4, -0.2) is 50.7 Å². The van der Waals surface area contributed by atoms with Crippen molar-refractivity contribution in [2.45, 2.75) is 6.54 Å². The van der Waals surface area contributed by atoms with Crippen molar-refractivity contribution in [2.75, 3.05) is 41.3 Å². The first-order valence-electron chi connectivity index (χ1n) is 13.5. The third kappa shape index (κ3) is 5.19. The van der Waals surface area contributed by atoms with Gasteiger partial charge in [-0.2, -0.15) is 0 Å². The highest BCUT2D eigenvalue weighted by molar-refractivity contribution is 6.07. The second-order valence-electron chi connectivity index (χ2n) is 9.73. The Kier molecular flexibility index (Phi) is 8.30. The molecule has 5 rings (SSSR count). The summed E-state index contributed by atoms with van der Waals surface area (Å²) in [6, 6.07) is 19.9. The molecule has 3 aromatic carbocycles. The van der Waals surface area contributed by atoms with Crippen LogP contribution in [0.3, 0.4) is 0 Å². The number of methoxy groups -OCH3 is 5. The zero-order chi connectivity index (χ0) is 31.5. The lowest BCUT2D eigenvalue weighted by molar-refractivity contribution is 0.0591.